The molecule has 1 aliphatic heterocycles. The summed E-state index contributed by atoms with van der Waals surface area (Å²) in [6.07, 6.45) is 4.11. The Labute approximate surface area is 168 Å². The number of aryl methyl sites for hydroxylation is 2. The number of aliphatic hydroxyl groups excluding tert-OH is 1. The molecule has 2 aromatic heterocycles. The number of rotatable bonds is 5. The summed E-state index contributed by atoms with van der Waals surface area (Å²) in [5.74, 6) is 0. The molecular formula is C23H26N4O2. The zero-order valence-corrected chi connectivity index (χ0v) is 16.5. The summed E-state index contributed by atoms with van der Waals surface area (Å²) < 4.78 is 1.76. The molecule has 1 aliphatic rings. The molecule has 6 nitrogen and oxygen atoms in total. The molecule has 2 aromatic carbocycles. The molecule has 0 saturated carbocycles. The zero-order chi connectivity index (χ0) is 20.0. The number of benzene rings is 2. The summed E-state index contributed by atoms with van der Waals surface area (Å²) in [7, 11) is 0. The maximum absolute atomic E-state index is 12.3. The summed E-state index contributed by atoms with van der Waals surface area (Å²) in [5.41, 5.74) is 4.83. The third-order valence-electron chi connectivity index (χ3n) is 6.21. The number of hydrogen-bond acceptors (Lipinski definition) is 3. The van der Waals surface area contributed by atoms with Crippen LogP contribution < -0.4 is 11.0 Å². The molecule has 0 radical (unpaired) electrons. The summed E-state index contributed by atoms with van der Waals surface area (Å²) in [6, 6.07) is 14.2. The van der Waals surface area contributed by atoms with Crippen LogP contribution in [0, 0.1) is 0 Å². The second-order valence-corrected chi connectivity index (χ2v) is 8.13. The van der Waals surface area contributed by atoms with Gasteiger partial charge >= 0.3 is 5.69 Å². The van der Waals surface area contributed by atoms with Crippen LogP contribution in [0.1, 0.15) is 37.0 Å². The number of aromatic nitrogens is 3. The lowest BCUT2D eigenvalue weighted by atomic mass is 9.98. The van der Waals surface area contributed by atoms with Crippen molar-refractivity contribution in [1.29, 1.82) is 0 Å². The van der Waals surface area contributed by atoms with E-state index in [1.807, 2.05) is 24.3 Å². The SMILES string of the molecule is C[C@@H](CCc1c[nH]c2ccccc12)N[C@@H]1CCn2c(=O)[nH]c3cccc(c32)[C@H]1O. The Balaban J connectivity index is 1.31. The van der Waals surface area contributed by atoms with E-state index in [0.717, 1.165) is 29.4 Å². The van der Waals surface area contributed by atoms with Gasteiger partial charge in [0.15, 0.2) is 0 Å². The van der Waals surface area contributed by atoms with E-state index in [0.29, 0.717) is 13.0 Å². The Hall–Kier alpha value is -2.83. The van der Waals surface area contributed by atoms with Crippen LogP contribution in [0.25, 0.3) is 21.9 Å². The average molecular weight is 390 g/mol. The van der Waals surface area contributed by atoms with Crippen molar-refractivity contribution in [2.45, 2.75) is 50.9 Å². The summed E-state index contributed by atoms with van der Waals surface area (Å²) >= 11 is 0. The predicted molar refractivity (Wildman–Crippen MR) is 115 cm³/mol. The van der Waals surface area contributed by atoms with E-state index >= 15 is 0 Å². The molecule has 5 rings (SSSR count). The van der Waals surface area contributed by atoms with Crippen LogP contribution in [0.4, 0.5) is 0 Å². The summed E-state index contributed by atoms with van der Waals surface area (Å²) in [6.45, 7) is 2.76. The highest BCUT2D eigenvalue weighted by Crippen LogP contribution is 2.30. The molecule has 0 amide bonds. The Kier molecular flexibility index (Phi) is 4.53. The van der Waals surface area contributed by atoms with Crippen molar-refractivity contribution >= 4 is 21.9 Å². The number of para-hydroxylation sites is 2. The van der Waals surface area contributed by atoms with E-state index in [1.54, 1.807) is 4.57 Å². The fraction of sp³-hybridized carbons (Fsp3) is 0.348. The van der Waals surface area contributed by atoms with Gasteiger partial charge in [0.25, 0.3) is 0 Å². The quantitative estimate of drug-likeness (QED) is 0.422. The van der Waals surface area contributed by atoms with Crippen molar-refractivity contribution in [3.8, 4) is 0 Å². The first-order chi connectivity index (χ1) is 14.1. The number of imidazole rings is 1. The summed E-state index contributed by atoms with van der Waals surface area (Å²) in [5, 5.41) is 16.0. The maximum atomic E-state index is 12.3. The van der Waals surface area contributed by atoms with Gasteiger partial charge in [-0.2, -0.15) is 0 Å². The topological polar surface area (TPSA) is 85.8 Å². The summed E-state index contributed by atoms with van der Waals surface area (Å²) in [4.78, 5) is 18.5. The van der Waals surface area contributed by atoms with E-state index in [9.17, 15) is 9.90 Å². The van der Waals surface area contributed by atoms with Crippen molar-refractivity contribution in [3.63, 3.8) is 0 Å². The van der Waals surface area contributed by atoms with Crippen LogP contribution >= 0.6 is 0 Å². The lowest BCUT2D eigenvalue weighted by Gasteiger charge is -2.26. The first kappa shape index (κ1) is 18.2. The van der Waals surface area contributed by atoms with E-state index < -0.39 is 6.10 Å². The van der Waals surface area contributed by atoms with Crippen molar-refractivity contribution in [2.24, 2.45) is 0 Å². The molecule has 0 fully saturated rings. The number of H-pyrrole nitrogens is 2. The van der Waals surface area contributed by atoms with Gasteiger partial charge in [-0.05, 0) is 43.9 Å². The zero-order valence-electron chi connectivity index (χ0n) is 16.5. The molecule has 0 spiro atoms. The van der Waals surface area contributed by atoms with Crippen LogP contribution in [-0.4, -0.2) is 31.7 Å². The molecule has 0 saturated heterocycles. The minimum Gasteiger partial charge on any atom is -0.387 e. The van der Waals surface area contributed by atoms with Gasteiger partial charge in [0.1, 0.15) is 0 Å². The molecule has 4 aromatic rings. The molecule has 0 unspecified atom stereocenters. The smallest absolute Gasteiger partial charge is 0.326 e. The third kappa shape index (κ3) is 3.18. The first-order valence-corrected chi connectivity index (χ1v) is 10.3. The molecule has 3 heterocycles. The van der Waals surface area contributed by atoms with Gasteiger partial charge in [-0.3, -0.25) is 4.57 Å². The maximum Gasteiger partial charge on any atom is 0.326 e. The lowest BCUT2D eigenvalue weighted by Crippen LogP contribution is -2.41. The van der Waals surface area contributed by atoms with E-state index in [-0.39, 0.29) is 17.8 Å². The normalized spacial score (nSPS) is 20.2. The molecule has 29 heavy (non-hydrogen) atoms. The number of nitrogens with one attached hydrogen (secondary N) is 3. The number of fused-ring (bicyclic) bond motifs is 1. The van der Waals surface area contributed by atoms with Gasteiger partial charge in [-0.25, -0.2) is 4.79 Å². The lowest BCUT2D eigenvalue weighted by molar-refractivity contribution is 0.119. The monoisotopic (exact) mass is 390 g/mol. The molecule has 150 valence electrons. The molecule has 4 N–H and O–H groups in total. The average Bonchev–Trinajstić information content (AvgIpc) is 3.24. The predicted octanol–water partition coefficient (Wildman–Crippen LogP) is 3.23. The minimum absolute atomic E-state index is 0.0853. The highest BCUT2D eigenvalue weighted by atomic mass is 16.3. The first-order valence-electron chi connectivity index (χ1n) is 10.3. The van der Waals surface area contributed by atoms with Gasteiger partial charge in [0.05, 0.1) is 17.1 Å². The molecule has 6 heteroatoms. The van der Waals surface area contributed by atoms with Crippen LogP contribution in [0.5, 0.6) is 0 Å². The number of aliphatic hydroxyl groups is 1. The number of aromatic amines is 2. The van der Waals surface area contributed by atoms with E-state index in [1.165, 1.54) is 16.5 Å². The number of nitrogens with zero attached hydrogens (tertiary/aromatic N) is 1. The van der Waals surface area contributed by atoms with Crippen LogP contribution in [0.3, 0.4) is 0 Å². The van der Waals surface area contributed by atoms with Crippen molar-refractivity contribution in [2.75, 3.05) is 0 Å². The minimum atomic E-state index is -0.641. The Morgan fingerprint density at radius 2 is 2.03 bits per heavy atom. The fourth-order valence-electron chi connectivity index (χ4n) is 4.68. The van der Waals surface area contributed by atoms with Crippen LogP contribution in [-0.2, 0) is 13.0 Å². The van der Waals surface area contributed by atoms with E-state index in [4.69, 9.17) is 0 Å². The van der Waals surface area contributed by atoms with Crippen LogP contribution in [0.2, 0.25) is 0 Å². The Bertz CT molecular complexity index is 1220. The van der Waals surface area contributed by atoms with Gasteiger partial charge < -0.3 is 20.4 Å². The van der Waals surface area contributed by atoms with E-state index in [2.05, 4.69) is 46.6 Å². The Morgan fingerprint density at radius 1 is 1.21 bits per heavy atom. The molecule has 3 atom stereocenters. The largest absolute Gasteiger partial charge is 0.387 e. The fourth-order valence-corrected chi connectivity index (χ4v) is 4.68. The second-order valence-electron chi connectivity index (χ2n) is 8.13. The third-order valence-corrected chi connectivity index (χ3v) is 6.21. The Morgan fingerprint density at radius 3 is 2.93 bits per heavy atom. The number of hydrogen-bond donors (Lipinski definition) is 4. The molecule has 0 bridgehead atoms. The molecule has 0 aliphatic carbocycles. The van der Waals surface area contributed by atoms with Gasteiger partial charge in [-0.1, -0.05) is 30.3 Å². The van der Waals surface area contributed by atoms with Crippen molar-refractivity contribution < 1.29 is 5.11 Å². The molecular weight excluding hydrogens is 364 g/mol. The standard InChI is InChI=1S/C23H26N4O2/c1-14(9-10-15-13-24-18-7-3-2-5-16(15)18)25-20-11-12-27-21-17(22(20)28)6-4-8-19(21)26-23(27)29/h2-8,13-14,20,22,24-25,28H,9-12H2,1H3,(H,26,29)/t14-,20+,22+/m0/s1. The highest BCUT2D eigenvalue weighted by molar-refractivity contribution is 5.83. The van der Waals surface area contributed by atoms with Crippen LogP contribution in [0.15, 0.2) is 53.5 Å². The second kappa shape index (κ2) is 7.21. The van der Waals surface area contributed by atoms with Gasteiger partial charge in [0.2, 0.25) is 0 Å². The van der Waals surface area contributed by atoms with Gasteiger partial charge in [0, 0.05) is 41.3 Å². The van der Waals surface area contributed by atoms with Gasteiger partial charge in [-0.15, -0.1) is 0 Å². The van der Waals surface area contributed by atoms with Crippen molar-refractivity contribution in [3.05, 3.63) is 70.3 Å². The van der Waals surface area contributed by atoms with Crippen molar-refractivity contribution in [1.82, 2.24) is 19.9 Å². The highest BCUT2D eigenvalue weighted by Gasteiger charge is 2.29.